The number of halogens is 1. The van der Waals surface area contributed by atoms with Crippen molar-refractivity contribution in [2.75, 3.05) is 5.73 Å². The van der Waals surface area contributed by atoms with E-state index in [0.29, 0.717) is 10.6 Å². The molecule has 0 aliphatic heterocycles. The number of hydrogen-bond acceptors (Lipinski definition) is 3. The minimum Gasteiger partial charge on any atom is -0.393 e. The molecule has 1 aromatic carbocycles. The molecule has 0 saturated heterocycles. The third-order valence-corrected chi connectivity index (χ3v) is 1.91. The molecule has 1 aromatic rings. The van der Waals surface area contributed by atoms with E-state index >= 15 is 0 Å². The molecule has 2 N–H and O–H groups in total. The van der Waals surface area contributed by atoms with Crippen LogP contribution < -0.4 is 5.73 Å². The van der Waals surface area contributed by atoms with E-state index < -0.39 is 4.92 Å². The number of anilines is 1. The molecule has 14 heavy (non-hydrogen) atoms. The van der Waals surface area contributed by atoms with E-state index in [1.165, 1.54) is 12.1 Å². The van der Waals surface area contributed by atoms with Crippen LogP contribution >= 0.6 is 11.6 Å². The fourth-order valence-electron chi connectivity index (χ4n) is 0.840. The van der Waals surface area contributed by atoms with Gasteiger partial charge in [-0.15, -0.1) is 0 Å². The molecule has 0 saturated carbocycles. The van der Waals surface area contributed by atoms with E-state index in [0.717, 1.165) is 0 Å². The first-order chi connectivity index (χ1) is 6.52. The zero-order valence-corrected chi connectivity index (χ0v) is 9.13. The summed E-state index contributed by atoms with van der Waals surface area (Å²) in [6.45, 7) is 5.69. The van der Waals surface area contributed by atoms with E-state index in [1.54, 1.807) is 6.92 Å². The van der Waals surface area contributed by atoms with E-state index in [9.17, 15) is 10.1 Å². The molecule has 1 rings (SSSR count). The Balaban J connectivity index is 0.000000791. The van der Waals surface area contributed by atoms with E-state index in [1.807, 2.05) is 13.8 Å². The maximum absolute atomic E-state index is 10.4. The van der Waals surface area contributed by atoms with Crippen molar-refractivity contribution in [1.82, 2.24) is 0 Å². The summed E-state index contributed by atoms with van der Waals surface area (Å²) in [5.74, 6) is 0. The minimum atomic E-state index is -0.529. The third-order valence-electron chi connectivity index (χ3n) is 1.50. The lowest BCUT2D eigenvalue weighted by Crippen LogP contribution is -1.96. The number of nitro groups is 1. The Bertz CT molecular complexity index is 340. The molecule has 0 bridgehead atoms. The Morgan fingerprint density at radius 3 is 2.36 bits per heavy atom. The third kappa shape index (κ3) is 2.88. The summed E-state index contributed by atoms with van der Waals surface area (Å²) in [7, 11) is 0. The molecule has 0 aliphatic rings. The van der Waals surface area contributed by atoms with Gasteiger partial charge in [0, 0.05) is 11.1 Å². The molecule has 0 fully saturated rings. The van der Waals surface area contributed by atoms with Crippen molar-refractivity contribution < 1.29 is 4.92 Å². The largest absolute Gasteiger partial charge is 0.393 e. The average molecular weight is 217 g/mol. The Morgan fingerprint density at radius 1 is 1.43 bits per heavy atom. The molecule has 4 nitrogen and oxygen atoms in total. The molecular formula is C9H13ClN2O2. The lowest BCUT2D eigenvalue weighted by molar-refractivity contribution is -0.383. The van der Waals surface area contributed by atoms with Crippen molar-refractivity contribution in [2.45, 2.75) is 20.8 Å². The highest BCUT2D eigenvalue weighted by molar-refractivity contribution is 6.31. The van der Waals surface area contributed by atoms with Crippen LogP contribution in [0.2, 0.25) is 5.02 Å². The zero-order chi connectivity index (χ0) is 11.3. The van der Waals surface area contributed by atoms with Crippen molar-refractivity contribution >= 4 is 23.0 Å². The maximum Gasteiger partial charge on any atom is 0.292 e. The second kappa shape index (κ2) is 5.44. The van der Waals surface area contributed by atoms with Gasteiger partial charge in [0.1, 0.15) is 5.69 Å². The van der Waals surface area contributed by atoms with Crippen LogP contribution in [0.25, 0.3) is 0 Å². The molecule has 0 unspecified atom stereocenters. The first-order valence-electron chi connectivity index (χ1n) is 4.22. The minimum absolute atomic E-state index is 0.0931. The number of nitrogen functional groups attached to an aromatic ring is 1. The molecule has 0 aliphatic carbocycles. The quantitative estimate of drug-likeness (QED) is 0.445. The monoisotopic (exact) mass is 216 g/mol. The second-order valence-corrected chi connectivity index (χ2v) is 2.82. The van der Waals surface area contributed by atoms with E-state index in [2.05, 4.69) is 0 Å². The van der Waals surface area contributed by atoms with Crippen LogP contribution in [0.5, 0.6) is 0 Å². The van der Waals surface area contributed by atoms with Crippen LogP contribution in [-0.2, 0) is 0 Å². The van der Waals surface area contributed by atoms with Gasteiger partial charge in [0.25, 0.3) is 5.69 Å². The Hall–Kier alpha value is -1.29. The topological polar surface area (TPSA) is 69.2 Å². The molecular weight excluding hydrogens is 204 g/mol. The first kappa shape index (κ1) is 12.7. The summed E-state index contributed by atoms with van der Waals surface area (Å²) in [6.07, 6.45) is 0. The van der Waals surface area contributed by atoms with Crippen LogP contribution in [0.4, 0.5) is 11.4 Å². The van der Waals surface area contributed by atoms with E-state index in [-0.39, 0.29) is 11.4 Å². The van der Waals surface area contributed by atoms with Crippen molar-refractivity contribution in [1.29, 1.82) is 0 Å². The Morgan fingerprint density at radius 2 is 1.93 bits per heavy atom. The summed E-state index contributed by atoms with van der Waals surface area (Å²) in [5.41, 5.74) is 6.01. The van der Waals surface area contributed by atoms with Crippen LogP contribution in [0.1, 0.15) is 19.4 Å². The maximum atomic E-state index is 10.4. The summed E-state index contributed by atoms with van der Waals surface area (Å²) in [6, 6.07) is 2.74. The first-order valence-corrected chi connectivity index (χ1v) is 4.60. The lowest BCUT2D eigenvalue weighted by atomic mass is 10.2. The summed E-state index contributed by atoms with van der Waals surface area (Å²) < 4.78 is 0. The van der Waals surface area contributed by atoms with Crippen molar-refractivity contribution in [3.63, 3.8) is 0 Å². The normalized spacial score (nSPS) is 8.86. The van der Waals surface area contributed by atoms with Crippen molar-refractivity contribution in [3.8, 4) is 0 Å². The number of nitro benzene ring substituents is 1. The Kier molecular flexibility index (Phi) is 4.94. The number of hydrogen-bond donors (Lipinski definition) is 1. The van der Waals surface area contributed by atoms with Crippen LogP contribution in [0, 0.1) is 17.0 Å². The molecule has 5 heteroatoms. The molecule has 0 amide bonds. The highest BCUT2D eigenvalue weighted by atomic mass is 35.5. The summed E-state index contributed by atoms with van der Waals surface area (Å²) in [4.78, 5) is 9.84. The highest BCUT2D eigenvalue weighted by Gasteiger charge is 2.12. The molecule has 78 valence electrons. The van der Waals surface area contributed by atoms with Gasteiger partial charge >= 0.3 is 0 Å². The number of benzene rings is 1. The molecule has 0 aromatic heterocycles. The molecule has 0 radical (unpaired) electrons. The average Bonchev–Trinajstić information content (AvgIpc) is 2.14. The predicted octanol–water partition coefficient (Wildman–Crippen LogP) is 3.17. The number of nitrogens with zero attached hydrogens (tertiary/aromatic N) is 1. The van der Waals surface area contributed by atoms with Gasteiger partial charge in [-0.3, -0.25) is 10.1 Å². The van der Waals surface area contributed by atoms with Gasteiger partial charge in [0.2, 0.25) is 0 Å². The van der Waals surface area contributed by atoms with Gasteiger partial charge in [-0.2, -0.15) is 0 Å². The predicted molar refractivity (Wildman–Crippen MR) is 58.6 cm³/mol. The van der Waals surface area contributed by atoms with Gasteiger partial charge in [0.15, 0.2) is 0 Å². The van der Waals surface area contributed by atoms with Crippen LogP contribution in [-0.4, -0.2) is 4.92 Å². The SMILES string of the molecule is CC.Cc1cc([N+](=O)[O-])c(N)cc1Cl. The highest BCUT2D eigenvalue weighted by Crippen LogP contribution is 2.27. The van der Waals surface area contributed by atoms with Crippen molar-refractivity contribution in [2.24, 2.45) is 0 Å². The number of aryl methyl sites for hydroxylation is 1. The van der Waals surface area contributed by atoms with Gasteiger partial charge in [-0.05, 0) is 18.6 Å². The lowest BCUT2D eigenvalue weighted by Gasteiger charge is -2.00. The summed E-state index contributed by atoms with van der Waals surface area (Å²) >= 11 is 5.69. The molecule has 0 heterocycles. The van der Waals surface area contributed by atoms with Gasteiger partial charge in [-0.1, -0.05) is 25.4 Å². The van der Waals surface area contributed by atoms with Crippen molar-refractivity contribution in [3.05, 3.63) is 32.8 Å². The summed E-state index contributed by atoms with van der Waals surface area (Å²) in [5, 5.41) is 10.8. The van der Waals surface area contributed by atoms with Gasteiger partial charge < -0.3 is 5.73 Å². The van der Waals surface area contributed by atoms with Crippen LogP contribution in [0.3, 0.4) is 0 Å². The molecule has 0 spiro atoms. The molecule has 0 atom stereocenters. The Labute approximate surface area is 87.8 Å². The number of rotatable bonds is 1. The van der Waals surface area contributed by atoms with E-state index in [4.69, 9.17) is 17.3 Å². The fourth-order valence-corrected chi connectivity index (χ4v) is 1.01. The van der Waals surface area contributed by atoms with Gasteiger partial charge in [-0.25, -0.2) is 0 Å². The van der Waals surface area contributed by atoms with Gasteiger partial charge in [0.05, 0.1) is 4.92 Å². The number of nitrogens with two attached hydrogens (primary N) is 1. The van der Waals surface area contributed by atoms with Crippen LogP contribution in [0.15, 0.2) is 12.1 Å². The standard InChI is InChI=1S/C7H7ClN2O2.C2H6/c1-4-2-7(10(11)12)6(9)3-5(4)8;1-2/h2-3H,9H2,1H3;1-2H3. The smallest absolute Gasteiger partial charge is 0.292 e. The zero-order valence-electron chi connectivity index (χ0n) is 8.37. The second-order valence-electron chi connectivity index (χ2n) is 2.42. The fraction of sp³-hybridized carbons (Fsp3) is 0.333.